The van der Waals surface area contributed by atoms with Gasteiger partial charge < -0.3 is 20.1 Å². The number of hydrogen-bond donors (Lipinski definition) is 2. The molecule has 0 bridgehead atoms. The lowest BCUT2D eigenvalue weighted by Gasteiger charge is -2.13. The zero-order valence-corrected chi connectivity index (χ0v) is 16.0. The van der Waals surface area contributed by atoms with Crippen molar-refractivity contribution in [2.75, 3.05) is 24.9 Å². The molecule has 2 aromatic carbocycles. The van der Waals surface area contributed by atoms with E-state index < -0.39 is 0 Å². The fourth-order valence-corrected chi connectivity index (χ4v) is 2.71. The molecule has 0 radical (unpaired) electrons. The van der Waals surface area contributed by atoms with Crippen molar-refractivity contribution < 1.29 is 9.47 Å². The minimum atomic E-state index is 0.667. The molecule has 6 nitrogen and oxygen atoms in total. The van der Waals surface area contributed by atoms with Crippen LogP contribution in [-0.4, -0.2) is 24.2 Å². The van der Waals surface area contributed by atoms with Crippen LogP contribution in [0.2, 0.25) is 0 Å². The largest absolute Gasteiger partial charge is 0.497 e. The van der Waals surface area contributed by atoms with E-state index in [0.29, 0.717) is 17.4 Å². The number of nitrogens with one attached hydrogen (secondary N) is 2. The van der Waals surface area contributed by atoms with Gasteiger partial charge in [0.1, 0.15) is 29.0 Å². The first-order chi connectivity index (χ1) is 13.1. The van der Waals surface area contributed by atoms with E-state index in [1.807, 2.05) is 31.2 Å². The topological polar surface area (TPSA) is 68.3 Å². The Morgan fingerprint density at radius 2 is 1.56 bits per heavy atom. The van der Waals surface area contributed by atoms with Gasteiger partial charge in [0.05, 0.1) is 19.9 Å². The van der Waals surface area contributed by atoms with E-state index in [1.165, 1.54) is 5.56 Å². The highest BCUT2D eigenvalue weighted by Gasteiger charge is 2.08. The van der Waals surface area contributed by atoms with Crippen LogP contribution in [0.4, 0.5) is 23.0 Å². The summed E-state index contributed by atoms with van der Waals surface area (Å²) in [6.45, 7) is 4.00. The summed E-state index contributed by atoms with van der Waals surface area (Å²) in [5.41, 5.74) is 3.08. The molecule has 140 valence electrons. The number of anilines is 4. The standard InChI is InChI=1S/C21H24N4O2/c1-5-15-6-8-16(9-7-15)24-20-13-21(23-14(2)22-20)25-18-11-10-17(26-3)12-19(18)27-4/h6-13H,5H2,1-4H3,(H2,22,23,24,25). The number of aryl methyl sites for hydroxylation is 2. The second kappa shape index (κ2) is 8.40. The molecule has 0 unspecified atom stereocenters. The molecule has 0 aliphatic rings. The van der Waals surface area contributed by atoms with Gasteiger partial charge in [-0.2, -0.15) is 0 Å². The average molecular weight is 364 g/mol. The predicted molar refractivity (Wildman–Crippen MR) is 109 cm³/mol. The van der Waals surface area contributed by atoms with Crippen LogP contribution >= 0.6 is 0 Å². The summed E-state index contributed by atoms with van der Waals surface area (Å²) in [4.78, 5) is 8.94. The molecule has 0 amide bonds. The molecule has 0 atom stereocenters. The maximum atomic E-state index is 5.44. The Morgan fingerprint density at radius 1 is 0.852 bits per heavy atom. The number of hydrogen-bond acceptors (Lipinski definition) is 6. The highest BCUT2D eigenvalue weighted by atomic mass is 16.5. The molecule has 1 aromatic heterocycles. The summed E-state index contributed by atoms with van der Waals surface area (Å²) < 4.78 is 10.7. The number of rotatable bonds is 7. The molecule has 3 rings (SSSR count). The number of nitrogens with zero attached hydrogens (tertiary/aromatic N) is 2. The minimum Gasteiger partial charge on any atom is -0.497 e. The Balaban J connectivity index is 1.82. The fourth-order valence-electron chi connectivity index (χ4n) is 2.71. The Hall–Kier alpha value is -3.28. The van der Waals surface area contributed by atoms with Gasteiger partial charge in [0, 0.05) is 17.8 Å². The van der Waals surface area contributed by atoms with E-state index in [1.54, 1.807) is 14.2 Å². The maximum absolute atomic E-state index is 5.44. The molecule has 0 aliphatic carbocycles. The van der Waals surface area contributed by atoms with Crippen molar-refractivity contribution >= 4 is 23.0 Å². The summed E-state index contributed by atoms with van der Waals surface area (Å²) in [7, 11) is 3.25. The molecule has 0 spiro atoms. The van der Waals surface area contributed by atoms with Gasteiger partial charge in [-0.05, 0) is 43.2 Å². The van der Waals surface area contributed by atoms with Crippen molar-refractivity contribution in [2.24, 2.45) is 0 Å². The zero-order valence-electron chi connectivity index (χ0n) is 16.0. The SMILES string of the molecule is CCc1ccc(Nc2cc(Nc3ccc(OC)cc3OC)nc(C)n2)cc1. The van der Waals surface area contributed by atoms with Gasteiger partial charge in [-0.25, -0.2) is 9.97 Å². The number of ether oxygens (including phenoxy) is 2. The summed E-state index contributed by atoms with van der Waals surface area (Å²) in [6.07, 6.45) is 1.02. The Bertz CT molecular complexity index is 911. The summed E-state index contributed by atoms with van der Waals surface area (Å²) >= 11 is 0. The molecule has 2 N–H and O–H groups in total. The molecule has 0 saturated carbocycles. The Kier molecular flexibility index (Phi) is 5.76. The van der Waals surface area contributed by atoms with Crippen LogP contribution < -0.4 is 20.1 Å². The third kappa shape index (κ3) is 4.67. The lowest BCUT2D eigenvalue weighted by molar-refractivity contribution is 0.395. The highest BCUT2D eigenvalue weighted by molar-refractivity contribution is 5.68. The number of aromatic nitrogens is 2. The summed E-state index contributed by atoms with van der Waals surface area (Å²) in [5, 5.41) is 6.62. The van der Waals surface area contributed by atoms with Gasteiger partial charge in [0.25, 0.3) is 0 Å². The predicted octanol–water partition coefficient (Wildman–Crippen LogP) is 4.85. The van der Waals surface area contributed by atoms with Crippen LogP contribution in [0.5, 0.6) is 11.5 Å². The second-order valence-corrected chi connectivity index (χ2v) is 6.05. The molecule has 1 heterocycles. The molecule has 6 heteroatoms. The van der Waals surface area contributed by atoms with E-state index in [2.05, 4.69) is 51.8 Å². The Morgan fingerprint density at radius 3 is 2.19 bits per heavy atom. The van der Waals surface area contributed by atoms with Gasteiger partial charge in [-0.3, -0.25) is 0 Å². The second-order valence-electron chi connectivity index (χ2n) is 6.05. The first-order valence-electron chi connectivity index (χ1n) is 8.82. The van der Waals surface area contributed by atoms with Gasteiger partial charge in [-0.1, -0.05) is 19.1 Å². The first-order valence-corrected chi connectivity index (χ1v) is 8.82. The van der Waals surface area contributed by atoms with Crippen LogP contribution in [0.15, 0.2) is 48.5 Å². The molecule has 0 fully saturated rings. The third-order valence-electron chi connectivity index (χ3n) is 4.14. The van der Waals surface area contributed by atoms with Crippen LogP contribution in [0, 0.1) is 6.92 Å². The van der Waals surface area contributed by atoms with Gasteiger partial charge in [0.15, 0.2) is 0 Å². The van der Waals surface area contributed by atoms with Crippen LogP contribution in [-0.2, 0) is 6.42 Å². The van der Waals surface area contributed by atoms with Crippen molar-refractivity contribution in [3.63, 3.8) is 0 Å². The van der Waals surface area contributed by atoms with Crippen LogP contribution in [0.1, 0.15) is 18.3 Å². The van der Waals surface area contributed by atoms with E-state index in [4.69, 9.17) is 9.47 Å². The number of methoxy groups -OCH3 is 2. The smallest absolute Gasteiger partial charge is 0.146 e. The summed E-state index contributed by atoms with van der Waals surface area (Å²) in [6, 6.07) is 15.8. The molecule has 27 heavy (non-hydrogen) atoms. The lowest BCUT2D eigenvalue weighted by atomic mass is 10.1. The van der Waals surface area contributed by atoms with Crippen molar-refractivity contribution in [2.45, 2.75) is 20.3 Å². The molecular weight excluding hydrogens is 340 g/mol. The third-order valence-corrected chi connectivity index (χ3v) is 4.14. The quantitative estimate of drug-likeness (QED) is 0.624. The zero-order chi connectivity index (χ0) is 19.2. The molecular formula is C21H24N4O2. The van der Waals surface area contributed by atoms with Gasteiger partial charge in [-0.15, -0.1) is 0 Å². The van der Waals surface area contributed by atoms with Crippen molar-refractivity contribution in [1.29, 1.82) is 0 Å². The normalized spacial score (nSPS) is 10.4. The molecule has 3 aromatic rings. The number of benzene rings is 2. The fraction of sp³-hybridized carbons (Fsp3) is 0.238. The van der Waals surface area contributed by atoms with E-state index in [0.717, 1.165) is 29.4 Å². The van der Waals surface area contributed by atoms with Crippen LogP contribution in [0.25, 0.3) is 0 Å². The van der Waals surface area contributed by atoms with E-state index in [9.17, 15) is 0 Å². The monoisotopic (exact) mass is 364 g/mol. The van der Waals surface area contributed by atoms with Crippen molar-refractivity contribution in [3.8, 4) is 11.5 Å². The molecule has 0 saturated heterocycles. The van der Waals surface area contributed by atoms with Crippen LogP contribution in [0.3, 0.4) is 0 Å². The van der Waals surface area contributed by atoms with E-state index in [-0.39, 0.29) is 0 Å². The van der Waals surface area contributed by atoms with Gasteiger partial charge in [0.2, 0.25) is 0 Å². The Labute approximate surface area is 159 Å². The van der Waals surface area contributed by atoms with Gasteiger partial charge >= 0.3 is 0 Å². The first kappa shape index (κ1) is 18.5. The van der Waals surface area contributed by atoms with E-state index >= 15 is 0 Å². The van der Waals surface area contributed by atoms with Crippen molar-refractivity contribution in [3.05, 3.63) is 59.9 Å². The highest BCUT2D eigenvalue weighted by Crippen LogP contribution is 2.31. The lowest BCUT2D eigenvalue weighted by Crippen LogP contribution is -2.02. The van der Waals surface area contributed by atoms with Crippen molar-refractivity contribution in [1.82, 2.24) is 9.97 Å². The maximum Gasteiger partial charge on any atom is 0.146 e. The molecule has 0 aliphatic heterocycles. The summed E-state index contributed by atoms with van der Waals surface area (Å²) in [5.74, 6) is 3.48. The minimum absolute atomic E-state index is 0.667. The average Bonchev–Trinajstić information content (AvgIpc) is 2.68.